The van der Waals surface area contributed by atoms with Gasteiger partial charge >= 0.3 is 0 Å². The van der Waals surface area contributed by atoms with Crippen molar-refractivity contribution in [3.05, 3.63) is 66.0 Å². The molecule has 0 aliphatic carbocycles. The lowest BCUT2D eigenvalue weighted by molar-refractivity contribution is -0.130. The van der Waals surface area contributed by atoms with E-state index in [1.54, 1.807) is 6.33 Å². The van der Waals surface area contributed by atoms with Crippen LogP contribution < -0.4 is 4.90 Å². The zero-order chi connectivity index (χ0) is 23.2. The van der Waals surface area contributed by atoms with Crippen LogP contribution in [0.4, 0.5) is 5.69 Å². The maximum Gasteiger partial charge on any atom is 0.233 e. The first kappa shape index (κ1) is 23.3. The van der Waals surface area contributed by atoms with Crippen molar-refractivity contribution in [1.29, 1.82) is 0 Å². The third kappa shape index (κ3) is 5.94. The number of amides is 1. The standard InChI is InChI=1S/C25H31N5O2S/c1-19-7-4-5-9-23(19)30-18-26-27-25(30)33-17-24(31)29(16-22-8-6-14-32-22)15-20-10-12-21(13-11-20)28(2)3/h4-5,7,9-13,18,22H,6,8,14-17H2,1-3H3/t22-/m0/s1. The SMILES string of the molecule is Cc1ccccc1-n1cnnc1SCC(=O)N(Cc1ccc(N(C)C)cc1)C[C@@H]1CCCO1. The van der Waals surface area contributed by atoms with Gasteiger partial charge in [-0.2, -0.15) is 0 Å². The Hall–Kier alpha value is -2.84. The number of rotatable bonds is 9. The van der Waals surface area contributed by atoms with E-state index in [2.05, 4.69) is 52.4 Å². The summed E-state index contributed by atoms with van der Waals surface area (Å²) in [6.45, 7) is 4.01. The quantitative estimate of drug-likeness (QED) is 0.446. The molecule has 2 aromatic carbocycles. The summed E-state index contributed by atoms with van der Waals surface area (Å²) in [5, 5.41) is 9.05. The van der Waals surface area contributed by atoms with Crippen LogP contribution in [-0.2, 0) is 16.1 Å². The minimum absolute atomic E-state index is 0.0755. The van der Waals surface area contributed by atoms with Crippen LogP contribution in [0.15, 0.2) is 60.0 Å². The van der Waals surface area contributed by atoms with Crippen molar-refractivity contribution in [3.8, 4) is 5.69 Å². The van der Waals surface area contributed by atoms with Gasteiger partial charge in [0.1, 0.15) is 6.33 Å². The summed E-state index contributed by atoms with van der Waals surface area (Å²) >= 11 is 1.42. The van der Waals surface area contributed by atoms with Crippen molar-refractivity contribution in [2.75, 3.05) is 37.9 Å². The number of aromatic nitrogens is 3. The summed E-state index contributed by atoms with van der Waals surface area (Å²) < 4.78 is 7.77. The second-order valence-electron chi connectivity index (χ2n) is 8.53. The normalized spacial score (nSPS) is 15.5. The van der Waals surface area contributed by atoms with Gasteiger partial charge in [-0.15, -0.1) is 10.2 Å². The first-order valence-corrected chi connectivity index (χ1v) is 12.2. The Bertz CT molecular complexity index is 1060. The minimum Gasteiger partial charge on any atom is -0.378 e. The molecule has 3 aromatic rings. The molecule has 0 radical (unpaired) electrons. The van der Waals surface area contributed by atoms with Gasteiger partial charge < -0.3 is 14.5 Å². The average Bonchev–Trinajstić information content (AvgIpc) is 3.50. The van der Waals surface area contributed by atoms with Gasteiger partial charge in [0, 0.05) is 39.5 Å². The monoisotopic (exact) mass is 465 g/mol. The smallest absolute Gasteiger partial charge is 0.233 e. The molecule has 2 heterocycles. The molecule has 0 spiro atoms. The highest BCUT2D eigenvalue weighted by atomic mass is 32.2. The van der Waals surface area contributed by atoms with Gasteiger partial charge in [-0.05, 0) is 49.1 Å². The van der Waals surface area contributed by atoms with E-state index in [0.717, 1.165) is 42.0 Å². The van der Waals surface area contributed by atoms with Crippen LogP contribution in [-0.4, -0.2) is 64.7 Å². The summed E-state index contributed by atoms with van der Waals surface area (Å²) in [6.07, 6.45) is 3.86. The van der Waals surface area contributed by atoms with Crippen LogP contribution in [0.3, 0.4) is 0 Å². The molecule has 1 aliphatic heterocycles. The van der Waals surface area contributed by atoms with Gasteiger partial charge in [0.05, 0.1) is 17.5 Å². The van der Waals surface area contributed by atoms with E-state index in [0.29, 0.717) is 24.0 Å². The lowest BCUT2D eigenvalue weighted by Crippen LogP contribution is -2.38. The number of anilines is 1. The van der Waals surface area contributed by atoms with E-state index in [9.17, 15) is 4.79 Å². The predicted molar refractivity (Wildman–Crippen MR) is 132 cm³/mol. The molecule has 1 aromatic heterocycles. The van der Waals surface area contributed by atoms with E-state index in [1.807, 2.05) is 41.8 Å². The number of nitrogens with zero attached hydrogens (tertiary/aromatic N) is 5. The van der Waals surface area contributed by atoms with Crippen LogP contribution in [0.5, 0.6) is 0 Å². The van der Waals surface area contributed by atoms with Crippen LogP contribution in [0, 0.1) is 6.92 Å². The summed E-state index contributed by atoms with van der Waals surface area (Å²) in [5.41, 5.74) is 4.41. The molecule has 1 saturated heterocycles. The van der Waals surface area contributed by atoms with Crippen molar-refractivity contribution >= 4 is 23.4 Å². The van der Waals surface area contributed by atoms with Gasteiger partial charge in [-0.25, -0.2) is 0 Å². The third-order valence-corrected chi connectivity index (χ3v) is 6.77. The van der Waals surface area contributed by atoms with Gasteiger partial charge in [0.15, 0.2) is 5.16 Å². The number of aryl methyl sites for hydroxylation is 1. The summed E-state index contributed by atoms with van der Waals surface area (Å²) in [6, 6.07) is 16.4. The lowest BCUT2D eigenvalue weighted by atomic mass is 10.1. The molecule has 1 atom stereocenters. The molecular weight excluding hydrogens is 434 g/mol. The molecular formula is C25H31N5O2S. The Kier molecular flexibility index (Phi) is 7.67. The van der Waals surface area contributed by atoms with E-state index in [4.69, 9.17) is 4.74 Å². The highest BCUT2D eigenvalue weighted by Gasteiger charge is 2.23. The molecule has 8 heteroatoms. The van der Waals surface area contributed by atoms with Gasteiger partial charge in [-0.1, -0.05) is 42.1 Å². The molecule has 33 heavy (non-hydrogen) atoms. The van der Waals surface area contributed by atoms with Crippen molar-refractivity contribution in [1.82, 2.24) is 19.7 Å². The highest BCUT2D eigenvalue weighted by Crippen LogP contribution is 2.23. The molecule has 0 bridgehead atoms. The number of hydrogen-bond acceptors (Lipinski definition) is 6. The first-order chi connectivity index (χ1) is 16.0. The van der Waals surface area contributed by atoms with E-state index < -0.39 is 0 Å². The van der Waals surface area contributed by atoms with Crippen molar-refractivity contribution < 1.29 is 9.53 Å². The van der Waals surface area contributed by atoms with Crippen molar-refractivity contribution in [3.63, 3.8) is 0 Å². The fourth-order valence-electron chi connectivity index (χ4n) is 3.95. The average molecular weight is 466 g/mol. The molecule has 1 amide bonds. The lowest BCUT2D eigenvalue weighted by Gasteiger charge is -2.26. The molecule has 1 fully saturated rings. The number of carbonyl (C=O) groups excluding carboxylic acids is 1. The Morgan fingerprint density at radius 1 is 1.18 bits per heavy atom. The van der Waals surface area contributed by atoms with Crippen molar-refractivity contribution in [2.45, 2.75) is 37.6 Å². The molecule has 0 saturated carbocycles. The van der Waals surface area contributed by atoms with E-state index in [1.165, 1.54) is 11.8 Å². The Labute approximate surface area is 199 Å². The highest BCUT2D eigenvalue weighted by molar-refractivity contribution is 7.99. The fraction of sp³-hybridized carbons (Fsp3) is 0.400. The topological polar surface area (TPSA) is 63.5 Å². The maximum atomic E-state index is 13.3. The van der Waals surface area contributed by atoms with Crippen molar-refractivity contribution in [2.24, 2.45) is 0 Å². The Morgan fingerprint density at radius 3 is 2.67 bits per heavy atom. The van der Waals surface area contributed by atoms with Gasteiger partial charge in [-0.3, -0.25) is 9.36 Å². The molecule has 7 nitrogen and oxygen atoms in total. The van der Waals surface area contributed by atoms with Crippen LogP contribution in [0.1, 0.15) is 24.0 Å². The Morgan fingerprint density at radius 2 is 1.97 bits per heavy atom. The van der Waals surface area contributed by atoms with Crippen LogP contribution in [0.2, 0.25) is 0 Å². The largest absolute Gasteiger partial charge is 0.378 e. The van der Waals surface area contributed by atoms with E-state index in [-0.39, 0.29) is 12.0 Å². The number of ether oxygens (including phenoxy) is 1. The zero-order valence-corrected chi connectivity index (χ0v) is 20.3. The molecule has 0 N–H and O–H groups in total. The summed E-state index contributed by atoms with van der Waals surface area (Å²) in [4.78, 5) is 17.3. The number of hydrogen-bond donors (Lipinski definition) is 0. The third-order valence-electron chi connectivity index (χ3n) is 5.84. The molecule has 0 unspecified atom stereocenters. The predicted octanol–water partition coefficient (Wildman–Crippen LogP) is 3.94. The minimum atomic E-state index is 0.0755. The maximum absolute atomic E-state index is 13.3. The van der Waals surface area contributed by atoms with Crippen LogP contribution >= 0.6 is 11.8 Å². The second kappa shape index (κ2) is 10.9. The summed E-state index contributed by atoms with van der Waals surface area (Å²) in [7, 11) is 4.05. The fourth-order valence-corrected chi connectivity index (χ4v) is 4.77. The number of benzene rings is 2. The molecule has 1 aliphatic rings. The van der Waals surface area contributed by atoms with Gasteiger partial charge in [0.25, 0.3) is 0 Å². The molecule has 174 valence electrons. The number of para-hydroxylation sites is 1. The zero-order valence-electron chi connectivity index (χ0n) is 19.5. The second-order valence-corrected chi connectivity index (χ2v) is 9.47. The van der Waals surface area contributed by atoms with E-state index >= 15 is 0 Å². The number of carbonyl (C=O) groups is 1. The van der Waals surface area contributed by atoms with Crippen LogP contribution in [0.25, 0.3) is 5.69 Å². The van der Waals surface area contributed by atoms with Gasteiger partial charge in [0.2, 0.25) is 5.91 Å². The molecule has 4 rings (SSSR count). The first-order valence-electron chi connectivity index (χ1n) is 11.3. The number of thioether (sulfide) groups is 1. The Balaban J connectivity index is 1.45. The summed E-state index contributed by atoms with van der Waals surface area (Å²) in [5.74, 6) is 0.374.